The van der Waals surface area contributed by atoms with Crippen molar-refractivity contribution in [3.05, 3.63) is 56.9 Å². The average molecular weight is 465 g/mol. The molecule has 2 aliphatic rings. The molecule has 2 aliphatic heterocycles. The Morgan fingerprint density at radius 3 is 2.64 bits per heavy atom. The molecule has 8 heteroatoms. The molecule has 33 heavy (non-hydrogen) atoms. The van der Waals surface area contributed by atoms with Crippen molar-refractivity contribution in [3.8, 4) is 17.1 Å². The molecule has 0 bridgehead atoms. The predicted molar refractivity (Wildman–Crippen MR) is 128 cm³/mol. The van der Waals surface area contributed by atoms with Gasteiger partial charge in [0.25, 0.3) is 5.56 Å². The summed E-state index contributed by atoms with van der Waals surface area (Å²) in [5.41, 5.74) is 2.68. The minimum Gasteiger partial charge on any atom is -0.508 e. The second kappa shape index (κ2) is 7.26. The van der Waals surface area contributed by atoms with E-state index in [0.717, 1.165) is 34.5 Å². The number of benzene rings is 1. The number of fused-ring (bicyclic) bond motifs is 5. The minimum absolute atomic E-state index is 0.112. The van der Waals surface area contributed by atoms with Gasteiger partial charge in [0.05, 0.1) is 29.0 Å². The van der Waals surface area contributed by atoms with Crippen LogP contribution in [0.15, 0.2) is 29.1 Å². The van der Waals surface area contributed by atoms with Crippen molar-refractivity contribution in [2.24, 2.45) is 0 Å². The number of hydrogen-bond acceptors (Lipinski definition) is 6. The minimum atomic E-state index is -1.84. The van der Waals surface area contributed by atoms with Crippen LogP contribution in [0.5, 0.6) is 5.75 Å². The second-order valence-corrected chi connectivity index (χ2v) is 15.9. The number of carbonyl (C=O) groups excluding carboxylic acids is 1. The van der Waals surface area contributed by atoms with Gasteiger partial charge in [0, 0.05) is 24.6 Å². The summed E-state index contributed by atoms with van der Waals surface area (Å²) >= 11 is 0. The maximum Gasteiger partial charge on any atom is 0.343 e. The first kappa shape index (κ1) is 21.9. The molecule has 0 saturated carbocycles. The molecular weight excluding hydrogens is 436 g/mol. The molecule has 7 nitrogen and oxygen atoms in total. The average Bonchev–Trinajstić information content (AvgIpc) is 3.12. The van der Waals surface area contributed by atoms with Crippen LogP contribution in [0.4, 0.5) is 0 Å². The normalized spacial score (nSPS) is 19.2. The molecule has 1 atom stereocenters. The fraction of sp³-hybridized carbons (Fsp3) is 0.400. The van der Waals surface area contributed by atoms with E-state index in [0.29, 0.717) is 29.1 Å². The molecule has 0 radical (unpaired) electrons. The zero-order valence-electron chi connectivity index (χ0n) is 19.4. The van der Waals surface area contributed by atoms with Gasteiger partial charge in [-0.1, -0.05) is 32.6 Å². The summed E-state index contributed by atoms with van der Waals surface area (Å²) in [6.07, 6.45) is 0.948. The highest BCUT2D eigenvalue weighted by Crippen LogP contribution is 2.41. The quantitative estimate of drug-likeness (QED) is 0.353. The molecule has 3 aromatic rings. The largest absolute Gasteiger partial charge is 0.508 e. The number of carbonyl (C=O) groups is 1. The van der Waals surface area contributed by atoms with Gasteiger partial charge in [0.1, 0.15) is 12.4 Å². The highest BCUT2D eigenvalue weighted by molar-refractivity contribution is 6.76. The van der Waals surface area contributed by atoms with Gasteiger partial charge in [0.2, 0.25) is 0 Å². The highest BCUT2D eigenvalue weighted by Gasteiger charge is 2.45. The third-order valence-electron chi connectivity index (χ3n) is 6.91. The van der Waals surface area contributed by atoms with E-state index in [1.54, 1.807) is 35.8 Å². The number of cyclic esters (lactones) is 1. The highest BCUT2D eigenvalue weighted by atomic mass is 28.3. The Hall–Kier alpha value is -2.97. The van der Waals surface area contributed by atoms with Gasteiger partial charge < -0.3 is 19.5 Å². The van der Waals surface area contributed by atoms with Crippen molar-refractivity contribution >= 4 is 24.9 Å². The van der Waals surface area contributed by atoms with E-state index >= 15 is 0 Å². The van der Waals surface area contributed by atoms with E-state index in [4.69, 9.17) is 9.72 Å². The van der Waals surface area contributed by atoms with Crippen LogP contribution in [0.2, 0.25) is 25.7 Å². The molecule has 172 valence electrons. The third kappa shape index (κ3) is 3.31. The molecule has 0 fully saturated rings. The molecule has 2 N–H and O–H groups in total. The SMILES string of the molecule is CC[C@@]1(O)C(=O)OCc2c1cc1n(c2=O)Cc2c-1nc1ccc(O)cc1c2CC[Si](C)(C)C. The molecule has 0 saturated heterocycles. The van der Waals surface area contributed by atoms with Crippen LogP contribution in [0, 0.1) is 0 Å². The summed E-state index contributed by atoms with van der Waals surface area (Å²) in [7, 11) is -1.36. The molecule has 0 aliphatic carbocycles. The van der Waals surface area contributed by atoms with Crippen LogP contribution in [0.1, 0.15) is 35.6 Å². The zero-order valence-corrected chi connectivity index (χ0v) is 20.4. The number of rotatable bonds is 4. The zero-order chi connectivity index (χ0) is 23.7. The first-order valence-electron chi connectivity index (χ1n) is 11.3. The lowest BCUT2D eigenvalue weighted by atomic mass is 9.86. The third-order valence-corrected chi connectivity index (χ3v) is 8.66. The predicted octanol–water partition coefficient (Wildman–Crippen LogP) is 3.67. The summed E-state index contributed by atoms with van der Waals surface area (Å²) in [5, 5.41) is 22.1. The number of aryl methyl sites for hydroxylation is 1. The Kier molecular flexibility index (Phi) is 4.81. The van der Waals surface area contributed by atoms with E-state index in [9.17, 15) is 19.8 Å². The number of nitrogens with zero attached hydrogens (tertiary/aromatic N) is 2. The van der Waals surface area contributed by atoms with Crippen molar-refractivity contribution in [3.63, 3.8) is 0 Å². The van der Waals surface area contributed by atoms with E-state index < -0.39 is 19.6 Å². The van der Waals surface area contributed by atoms with E-state index in [-0.39, 0.29) is 24.3 Å². The number of hydrogen-bond donors (Lipinski definition) is 2. The molecule has 4 heterocycles. The Balaban J connectivity index is 1.77. The van der Waals surface area contributed by atoms with Gasteiger partial charge in [-0.25, -0.2) is 9.78 Å². The van der Waals surface area contributed by atoms with Crippen LogP contribution in [0.25, 0.3) is 22.3 Å². The first-order chi connectivity index (χ1) is 15.5. The maximum absolute atomic E-state index is 13.5. The van der Waals surface area contributed by atoms with Crippen molar-refractivity contribution in [1.82, 2.24) is 9.55 Å². The Bertz CT molecular complexity index is 1390. The number of phenols is 1. The standard InChI is InChI=1S/C25H28N2O5Si/c1-5-25(31)19-11-21-22-17(12-27(21)23(29)18(19)13-32-24(25)30)15(8-9-33(2,3)4)16-10-14(28)6-7-20(16)26-22/h6-7,10-11,28,31H,5,8-9,12-13H2,1-4H3/t25-/m0/s1. The van der Waals surface area contributed by atoms with Crippen molar-refractivity contribution in [2.45, 2.75) is 64.2 Å². The van der Waals surface area contributed by atoms with E-state index in [1.165, 1.54) is 0 Å². The summed E-state index contributed by atoms with van der Waals surface area (Å²) in [4.78, 5) is 30.7. The number of esters is 1. The molecule has 5 rings (SSSR count). The molecule has 0 unspecified atom stereocenters. The molecule has 2 aromatic heterocycles. The van der Waals surface area contributed by atoms with Gasteiger partial charge in [-0.15, -0.1) is 0 Å². The van der Waals surface area contributed by atoms with Crippen LogP contribution in [-0.4, -0.2) is 33.8 Å². The number of aliphatic hydroxyl groups is 1. The number of phenolic OH excluding ortho intramolecular Hbond substituents is 1. The number of aromatic hydroxyl groups is 1. The molecule has 0 spiro atoms. The number of pyridine rings is 2. The fourth-order valence-electron chi connectivity index (χ4n) is 4.94. The smallest absolute Gasteiger partial charge is 0.343 e. The van der Waals surface area contributed by atoms with Gasteiger partial charge in [0.15, 0.2) is 5.60 Å². The van der Waals surface area contributed by atoms with Crippen molar-refractivity contribution in [2.75, 3.05) is 0 Å². The Morgan fingerprint density at radius 2 is 1.94 bits per heavy atom. The van der Waals surface area contributed by atoms with E-state index in [2.05, 4.69) is 19.6 Å². The fourth-order valence-corrected chi connectivity index (χ4v) is 5.94. The first-order valence-corrected chi connectivity index (χ1v) is 15.1. The summed E-state index contributed by atoms with van der Waals surface area (Å²) in [6.45, 7) is 8.90. The van der Waals surface area contributed by atoms with Crippen LogP contribution < -0.4 is 5.56 Å². The monoisotopic (exact) mass is 464 g/mol. The molecular formula is C25H28N2O5Si. The number of ether oxygens (including phenoxy) is 1. The lowest BCUT2D eigenvalue weighted by molar-refractivity contribution is -0.172. The second-order valence-electron chi connectivity index (χ2n) is 10.3. The lowest BCUT2D eigenvalue weighted by Crippen LogP contribution is -2.44. The summed E-state index contributed by atoms with van der Waals surface area (Å²) < 4.78 is 6.83. The van der Waals surface area contributed by atoms with Gasteiger partial charge in [-0.2, -0.15) is 0 Å². The Labute approximate surface area is 192 Å². The van der Waals surface area contributed by atoms with Crippen molar-refractivity contribution < 1.29 is 19.7 Å². The van der Waals surface area contributed by atoms with Crippen molar-refractivity contribution in [1.29, 1.82) is 0 Å². The topological polar surface area (TPSA) is 102 Å². The Morgan fingerprint density at radius 1 is 1.18 bits per heavy atom. The van der Waals surface area contributed by atoms with E-state index in [1.807, 2.05) is 0 Å². The van der Waals surface area contributed by atoms with Gasteiger partial charge >= 0.3 is 5.97 Å². The summed E-state index contributed by atoms with van der Waals surface area (Å²) in [6, 6.07) is 7.97. The lowest BCUT2D eigenvalue weighted by Gasteiger charge is -2.31. The number of aromatic nitrogens is 2. The van der Waals surface area contributed by atoms with Crippen LogP contribution >= 0.6 is 0 Å². The molecule has 0 amide bonds. The maximum atomic E-state index is 13.5. The van der Waals surface area contributed by atoms with Gasteiger partial charge in [-0.05, 0) is 42.7 Å². The van der Waals surface area contributed by atoms with Crippen LogP contribution in [-0.2, 0) is 34.7 Å². The summed E-state index contributed by atoms with van der Waals surface area (Å²) in [5.74, 6) is -0.539. The van der Waals surface area contributed by atoms with Crippen LogP contribution in [0.3, 0.4) is 0 Å². The molecule has 1 aromatic carbocycles. The van der Waals surface area contributed by atoms with Gasteiger partial charge in [-0.3, -0.25) is 4.79 Å².